The summed E-state index contributed by atoms with van der Waals surface area (Å²) in [7, 11) is 1.21. The third kappa shape index (κ3) is 2.24. The molecule has 88 valence electrons. The van der Waals surface area contributed by atoms with E-state index in [-0.39, 0.29) is 0 Å². The van der Waals surface area contributed by atoms with Crippen molar-refractivity contribution in [3.05, 3.63) is 10.1 Å². The van der Waals surface area contributed by atoms with Crippen molar-refractivity contribution in [1.29, 1.82) is 0 Å². The maximum absolute atomic E-state index is 10.6. The van der Waals surface area contributed by atoms with Crippen LogP contribution in [0.15, 0.2) is 0 Å². The van der Waals surface area contributed by atoms with Gasteiger partial charge in [0.05, 0.1) is 6.61 Å². The standard InChI is InChI=1S/C7H13NO7/c1-14-7-6(11)4(8(12)13)5(10)3(2-9)15-7/h3-7,9-11H,2H2,1H3. The zero-order chi connectivity index (χ0) is 11.6. The molecule has 0 bridgehead atoms. The van der Waals surface area contributed by atoms with Gasteiger partial charge in [0.1, 0.15) is 6.10 Å². The molecule has 0 saturated carbocycles. The number of methoxy groups -OCH3 is 1. The van der Waals surface area contributed by atoms with Gasteiger partial charge in [-0.25, -0.2) is 0 Å². The quantitative estimate of drug-likeness (QED) is 0.363. The second kappa shape index (κ2) is 4.81. The molecule has 0 spiro atoms. The van der Waals surface area contributed by atoms with Gasteiger partial charge in [-0.15, -0.1) is 0 Å². The Hall–Kier alpha value is -0.800. The summed E-state index contributed by atoms with van der Waals surface area (Å²) in [6, 6.07) is -1.62. The van der Waals surface area contributed by atoms with Gasteiger partial charge in [0, 0.05) is 12.0 Å². The Morgan fingerprint density at radius 1 is 1.47 bits per heavy atom. The van der Waals surface area contributed by atoms with E-state index in [2.05, 4.69) is 4.74 Å². The van der Waals surface area contributed by atoms with Crippen LogP contribution in [0.5, 0.6) is 0 Å². The Morgan fingerprint density at radius 3 is 2.47 bits per heavy atom. The summed E-state index contributed by atoms with van der Waals surface area (Å²) >= 11 is 0. The second-order valence-electron chi connectivity index (χ2n) is 3.22. The third-order valence-corrected chi connectivity index (χ3v) is 2.32. The molecule has 1 aliphatic heterocycles. The molecule has 0 aromatic carbocycles. The highest BCUT2D eigenvalue weighted by Gasteiger charge is 2.51. The van der Waals surface area contributed by atoms with Crippen LogP contribution in [0.1, 0.15) is 0 Å². The van der Waals surface area contributed by atoms with E-state index in [0.717, 1.165) is 0 Å². The fourth-order valence-electron chi connectivity index (χ4n) is 1.51. The smallest absolute Gasteiger partial charge is 0.271 e. The topological polar surface area (TPSA) is 122 Å². The van der Waals surface area contributed by atoms with E-state index >= 15 is 0 Å². The number of rotatable bonds is 3. The number of aliphatic hydroxyl groups excluding tert-OH is 3. The first kappa shape index (κ1) is 12.3. The van der Waals surface area contributed by atoms with E-state index in [9.17, 15) is 20.3 Å². The molecule has 1 heterocycles. The van der Waals surface area contributed by atoms with Crippen LogP contribution >= 0.6 is 0 Å². The average molecular weight is 223 g/mol. The first-order valence-corrected chi connectivity index (χ1v) is 4.31. The number of nitrogens with zero attached hydrogens (tertiary/aromatic N) is 1. The molecule has 1 aliphatic rings. The number of hydrogen-bond donors (Lipinski definition) is 3. The SMILES string of the molecule is COC1OC(CO)C(O)C([N+](=O)[O-])C1O. The van der Waals surface area contributed by atoms with E-state index < -0.39 is 42.2 Å². The van der Waals surface area contributed by atoms with Crippen LogP contribution in [0.3, 0.4) is 0 Å². The molecule has 5 atom stereocenters. The fourth-order valence-corrected chi connectivity index (χ4v) is 1.51. The Morgan fingerprint density at radius 2 is 2.07 bits per heavy atom. The van der Waals surface area contributed by atoms with Crippen molar-refractivity contribution in [2.45, 2.75) is 30.6 Å². The minimum atomic E-state index is -1.62. The van der Waals surface area contributed by atoms with Crippen molar-refractivity contribution in [2.24, 2.45) is 0 Å². The number of nitro groups is 1. The first-order chi connectivity index (χ1) is 7.02. The highest BCUT2D eigenvalue weighted by Crippen LogP contribution is 2.23. The Bertz CT molecular complexity index is 219. The van der Waals surface area contributed by atoms with Crippen LogP contribution in [-0.4, -0.2) is 64.6 Å². The van der Waals surface area contributed by atoms with Crippen molar-refractivity contribution in [1.82, 2.24) is 0 Å². The van der Waals surface area contributed by atoms with Gasteiger partial charge in [0.2, 0.25) is 0 Å². The lowest BCUT2D eigenvalue weighted by molar-refractivity contribution is -0.565. The summed E-state index contributed by atoms with van der Waals surface area (Å²) in [4.78, 5) is 9.78. The van der Waals surface area contributed by atoms with E-state index in [4.69, 9.17) is 9.84 Å². The highest BCUT2D eigenvalue weighted by atomic mass is 16.7. The van der Waals surface area contributed by atoms with Crippen molar-refractivity contribution >= 4 is 0 Å². The molecule has 0 amide bonds. The molecule has 8 heteroatoms. The number of hydrogen-bond acceptors (Lipinski definition) is 7. The molecule has 8 nitrogen and oxygen atoms in total. The van der Waals surface area contributed by atoms with Gasteiger partial charge in [0.25, 0.3) is 6.04 Å². The monoisotopic (exact) mass is 223 g/mol. The fraction of sp³-hybridized carbons (Fsp3) is 1.00. The molecular formula is C7H13NO7. The van der Waals surface area contributed by atoms with E-state index in [0.29, 0.717) is 0 Å². The lowest BCUT2D eigenvalue weighted by atomic mass is 9.97. The van der Waals surface area contributed by atoms with Gasteiger partial charge < -0.3 is 24.8 Å². The van der Waals surface area contributed by atoms with Crippen molar-refractivity contribution < 1.29 is 29.7 Å². The zero-order valence-corrected chi connectivity index (χ0v) is 8.02. The maximum atomic E-state index is 10.6. The van der Waals surface area contributed by atoms with Crippen LogP contribution in [0, 0.1) is 10.1 Å². The van der Waals surface area contributed by atoms with Crippen LogP contribution in [0.25, 0.3) is 0 Å². The van der Waals surface area contributed by atoms with Gasteiger partial charge in [-0.2, -0.15) is 0 Å². The predicted octanol–water partition coefficient (Wildman–Crippen LogP) is -2.28. The molecule has 0 aromatic heterocycles. The zero-order valence-electron chi connectivity index (χ0n) is 8.02. The van der Waals surface area contributed by atoms with Gasteiger partial charge >= 0.3 is 0 Å². The van der Waals surface area contributed by atoms with Crippen molar-refractivity contribution in [3.63, 3.8) is 0 Å². The molecule has 1 fully saturated rings. The van der Waals surface area contributed by atoms with Crippen molar-refractivity contribution in [3.8, 4) is 0 Å². The number of aliphatic hydroxyl groups is 3. The van der Waals surface area contributed by atoms with Gasteiger partial charge in [0.15, 0.2) is 18.5 Å². The lowest BCUT2D eigenvalue weighted by Crippen LogP contribution is -2.61. The Kier molecular flexibility index (Phi) is 3.94. The summed E-state index contributed by atoms with van der Waals surface area (Å²) in [6.45, 7) is -0.585. The average Bonchev–Trinajstić information content (AvgIpc) is 2.18. The molecule has 1 rings (SSSR count). The summed E-state index contributed by atoms with van der Waals surface area (Å²) in [5.74, 6) is 0. The Labute approximate surface area is 85.2 Å². The normalized spacial score (nSPS) is 41.5. The van der Waals surface area contributed by atoms with Crippen LogP contribution in [0.4, 0.5) is 0 Å². The van der Waals surface area contributed by atoms with Crippen molar-refractivity contribution in [2.75, 3.05) is 13.7 Å². The lowest BCUT2D eigenvalue weighted by Gasteiger charge is -2.36. The third-order valence-electron chi connectivity index (χ3n) is 2.32. The highest BCUT2D eigenvalue weighted by molar-refractivity contribution is 4.89. The summed E-state index contributed by atoms with van der Waals surface area (Å²) in [6.07, 6.45) is -5.48. The van der Waals surface area contributed by atoms with E-state index in [1.54, 1.807) is 0 Å². The van der Waals surface area contributed by atoms with Gasteiger partial charge in [-0.3, -0.25) is 10.1 Å². The molecule has 1 saturated heterocycles. The predicted molar refractivity (Wildman–Crippen MR) is 45.6 cm³/mol. The van der Waals surface area contributed by atoms with Gasteiger partial charge in [-0.1, -0.05) is 0 Å². The molecule has 0 aliphatic carbocycles. The maximum Gasteiger partial charge on any atom is 0.271 e. The Balaban J connectivity index is 2.86. The van der Waals surface area contributed by atoms with Crippen LogP contribution < -0.4 is 0 Å². The molecular weight excluding hydrogens is 210 g/mol. The number of ether oxygens (including phenoxy) is 2. The summed E-state index contributed by atoms with van der Waals surface area (Å²) in [5, 5.41) is 38.3. The minimum absolute atomic E-state index is 0.585. The second-order valence-corrected chi connectivity index (χ2v) is 3.22. The minimum Gasteiger partial charge on any atom is -0.394 e. The van der Waals surface area contributed by atoms with Gasteiger partial charge in [-0.05, 0) is 0 Å². The van der Waals surface area contributed by atoms with Crippen LogP contribution in [-0.2, 0) is 9.47 Å². The molecule has 15 heavy (non-hydrogen) atoms. The first-order valence-electron chi connectivity index (χ1n) is 4.31. The van der Waals surface area contributed by atoms with Crippen LogP contribution in [0.2, 0.25) is 0 Å². The summed E-state index contributed by atoms with van der Waals surface area (Å²) in [5.41, 5.74) is 0. The van der Waals surface area contributed by atoms with E-state index in [1.165, 1.54) is 7.11 Å². The molecule has 0 aromatic rings. The molecule has 3 N–H and O–H groups in total. The molecule has 5 unspecified atom stereocenters. The molecule has 0 radical (unpaired) electrons. The summed E-state index contributed by atoms with van der Waals surface area (Å²) < 4.78 is 9.58. The van der Waals surface area contributed by atoms with E-state index in [1.807, 2.05) is 0 Å². The largest absolute Gasteiger partial charge is 0.394 e.